The number of rotatable bonds is 8. The zero-order chi connectivity index (χ0) is 18.1. The molecule has 6 nitrogen and oxygen atoms in total. The van der Waals surface area contributed by atoms with Crippen LogP contribution in [0.15, 0.2) is 42.6 Å². The second-order valence-corrected chi connectivity index (χ2v) is 5.10. The number of hydrogen-bond donors (Lipinski definition) is 1. The van der Waals surface area contributed by atoms with Gasteiger partial charge in [0.25, 0.3) is 0 Å². The van der Waals surface area contributed by atoms with Gasteiger partial charge in [0.15, 0.2) is 11.5 Å². The minimum Gasteiger partial charge on any atom is -0.493 e. The van der Waals surface area contributed by atoms with E-state index in [2.05, 4.69) is 10.3 Å². The van der Waals surface area contributed by atoms with Crippen molar-refractivity contribution in [1.29, 1.82) is 0 Å². The summed E-state index contributed by atoms with van der Waals surface area (Å²) >= 11 is 0. The summed E-state index contributed by atoms with van der Waals surface area (Å²) in [6.07, 6.45) is 4.87. The summed E-state index contributed by atoms with van der Waals surface area (Å²) in [5, 5.41) is 2.80. The summed E-state index contributed by atoms with van der Waals surface area (Å²) in [5.41, 5.74) is 1.74. The maximum absolute atomic E-state index is 11.9. The molecule has 2 rings (SSSR count). The number of methoxy groups -OCH3 is 2. The van der Waals surface area contributed by atoms with E-state index in [9.17, 15) is 4.79 Å². The van der Waals surface area contributed by atoms with E-state index in [0.717, 1.165) is 11.1 Å². The van der Waals surface area contributed by atoms with Gasteiger partial charge in [-0.3, -0.25) is 4.79 Å². The molecular weight excluding hydrogens is 320 g/mol. The maximum Gasteiger partial charge on any atom is 0.244 e. The Balaban J connectivity index is 1.92. The zero-order valence-corrected chi connectivity index (χ0v) is 14.6. The van der Waals surface area contributed by atoms with Gasteiger partial charge in [0.05, 0.1) is 20.8 Å². The van der Waals surface area contributed by atoms with Crippen LogP contribution in [-0.2, 0) is 11.3 Å². The lowest BCUT2D eigenvalue weighted by Crippen LogP contribution is -2.20. The molecule has 132 valence electrons. The molecule has 6 heteroatoms. The van der Waals surface area contributed by atoms with Crippen molar-refractivity contribution in [3.05, 3.63) is 53.7 Å². The molecule has 0 bridgehead atoms. The van der Waals surface area contributed by atoms with Gasteiger partial charge in [-0.15, -0.1) is 0 Å². The number of benzene rings is 1. The molecule has 0 atom stereocenters. The first-order valence-corrected chi connectivity index (χ1v) is 7.92. The van der Waals surface area contributed by atoms with Crippen LogP contribution in [0.2, 0.25) is 0 Å². The first-order valence-electron chi connectivity index (χ1n) is 7.92. The Morgan fingerprint density at radius 1 is 1.16 bits per heavy atom. The molecule has 0 fully saturated rings. The molecule has 0 aliphatic carbocycles. The molecule has 25 heavy (non-hydrogen) atoms. The molecule has 0 unspecified atom stereocenters. The van der Waals surface area contributed by atoms with Crippen molar-refractivity contribution in [3.8, 4) is 17.4 Å². The summed E-state index contributed by atoms with van der Waals surface area (Å²) in [7, 11) is 3.14. The van der Waals surface area contributed by atoms with Crippen molar-refractivity contribution >= 4 is 12.0 Å². The number of nitrogens with one attached hydrogen (secondary N) is 1. The van der Waals surface area contributed by atoms with E-state index < -0.39 is 0 Å². The molecule has 1 heterocycles. The van der Waals surface area contributed by atoms with Gasteiger partial charge in [0, 0.05) is 24.9 Å². The van der Waals surface area contributed by atoms with Crippen molar-refractivity contribution in [2.75, 3.05) is 20.8 Å². The summed E-state index contributed by atoms with van der Waals surface area (Å²) in [6, 6.07) is 9.12. The maximum atomic E-state index is 11.9. The normalized spacial score (nSPS) is 10.5. The number of amides is 1. The molecule has 1 aromatic carbocycles. The van der Waals surface area contributed by atoms with E-state index in [1.165, 1.54) is 6.08 Å². The zero-order valence-electron chi connectivity index (χ0n) is 14.6. The van der Waals surface area contributed by atoms with E-state index >= 15 is 0 Å². The minimum atomic E-state index is -0.191. The first kappa shape index (κ1) is 18.3. The molecule has 0 radical (unpaired) electrons. The SMILES string of the molecule is CCOc1ccc(/C=C/C(=O)NCc2ccc(OC)nc2)cc1OC. The monoisotopic (exact) mass is 342 g/mol. The fourth-order valence-corrected chi connectivity index (χ4v) is 2.12. The summed E-state index contributed by atoms with van der Waals surface area (Å²) in [6.45, 7) is 2.87. The van der Waals surface area contributed by atoms with Crippen LogP contribution in [0.1, 0.15) is 18.1 Å². The van der Waals surface area contributed by atoms with Crippen LogP contribution in [-0.4, -0.2) is 31.7 Å². The molecule has 2 aromatic rings. The highest BCUT2D eigenvalue weighted by atomic mass is 16.5. The Morgan fingerprint density at radius 2 is 2.00 bits per heavy atom. The van der Waals surface area contributed by atoms with E-state index in [1.807, 2.05) is 31.2 Å². The number of hydrogen-bond acceptors (Lipinski definition) is 5. The number of pyridine rings is 1. The Hall–Kier alpha value is -3.02. The number of aromatic nitrogens is 1. The van der Waals surface area contributed by atoms with Gasteiger partial charge < -0.3 is 19.5 Å². The number of nitrogens with zero attached hydrogens (tertiary/aromatic N) is 1. The molecule has 0 aliphatic rings. The minimum absolute atomic E-state index is 0.191. The van der Waals surface area contributed by atoms with Crippen molar-refractivity contribution < 1.29 is 19.0 Å². The van der Waals surface area contributed by atoms with Gasteiger partial charge >= 0.3 is 0 Å². The van der Waals surface area contributed by atoms with Gasteiger partial charge in [-0.1, -0.05) is 12.1 Å². The van der Waals surface area contributed by atoms with Gasteiger partial charge in [-0.2, -0.15) is 0 Å². The van der Waals surface area contributed by atoms with Crippen molar-refractivity contribution in [2.24, 2.45) is 0 Å². The Labute approximate surface area is 147 Å². The predicted octanol–water partition coefficient (Wildman–Crippen LogP) is 2.83. The van der Waals surface area contributed by atoms with Crippen molar-refractivity contribution in [2.45, 2.75) is 13.5 Å². The van der Waals surface area contributed by atoms with Crippen LogP contribution in [0.5, 0.6) is 17.4 Å². The summed E-state index contributed by atoms with van der Waals surface area (Å²) < 4.78 is 15.8. The molecule has 0 spiro atoms. The Bertz CT molecular complexity index is 727. The average Bonchev–Trinajstić information content (AvgIpc) is 2.66. The van der Waals surface area contributed by atoms with E-state index in [0.29, 0.717) is 30.5 Å². The topological polar surface area (TPSA) is 69.7 Å². The van der Waals surface area contributed by atoms with Crippen LogP contribution < -0.4 is 19.5 Å². The summed E-state index contributed by atoms with van der Waals surface area (Å²) in [5.74, 6) is 1.66. The second-order valence-electron chi connectivity index (χ2n) is 5.10. The van der Waals surface area contributed by atoms with Gasteiger partial charge in [-0.25, -0.2) is 4.98 Å². The molecular formula is C19H22N2O4. The Kier molecular flexibility index (Phi) is 6.83. The standard InChI is InChI=1S/C19H22N2O4/c1-4-25-16-8-5-14(11-17(16)23-2)6-9-18(22)20-12-15-7-10-19(24-3)21-13-15/h5-11,13H,4,12H2,1-3H3,(H,20,22)/b9-6+. The molecule has 1 amide bonds. The predicted molar refractivity (Wildman–Crippen MR) is 95.8 cm³/mol. The fourth-order valence-electron chi connectivity index (χ4n) is 2.12. The third kappa shape index (κ3) is 5.53. The lowest BCUT2D eigenvalue weighted by Gasteiger charge is -2.09. The largest absolute Gasteiger partial charge is 0.493 e. The van der Waals surface area contributed by atoms with Gasteiger partial charge in [0.2, 0.25) is 11.8 Å². The van der Waals surface area contributed by atoms with E-state index in [1.54, 1.807) is 32.6 Å². The number of carbonyl (C=O) groups is 1. The lowest BCUT2D eigenvalue weighted by atomic mass is 10.2. The number of ether oxygens (including phenoxy) is 3. The molecule has 0 aliphatic heterocycles. The van der Waals surface area contributed by atoms with Crippen molar-refractivity contribution in [3.63, 3.8) is 0 Å². The third-order valence-electron chi connectivity index (χ3n) is 3.39. The van der Waals surface area contributed by atoms with Crippen LogP contribution in [0.25, 0.3) is 6.08 Å². The highest BCUT2D eigenvalue weighted by molar-refractivity contribution is 5.91. The van der Waals surface area contributed by atoms with Gasteiger partial charge in [-0.05, 0) is 36.3 Å². The van der Waals surface area contributed by atoms with Crippen LogP contribution in [0.3, 0.4) is 0 Å². The number of carbonyl (C=O) groups excluding carboxylic acids is 1. The summed E-state index contributed by atoms with van der Waals surface area (Å²) in [4.78, 5) is 16.0. The van der Waals surface area contributed by atoms with Crippen molar-refractivity contribution in [1.82, 2.24) is 10.3 Å². The molecule has 0 saturated carbocycles. The quantitative estimate of drug-likeness (QED) is 0.747. The molecule has 1 N–H and O–H groups in total. The first-order chi connectivity index (χ1) is 12.2. The Morgan fingerprint density at radius 3 is 2.64 bits per heavy atom. The fraction of sp³-hybridized carbons (Fsp3) is 0.263. The second kappa shape index (κ2) is 9.32. The van der Waals surface area contributed by atoms with E-state index in [-0.39, 0.29) is 5.91 Å². The third-order valence-corrected chi connectivity index (χ3v) is 3.39. The van der Waals surface area contributed by atoms with Crippen LogP contribution in [0, 0.1) is 0 Å². The molecule has 0 saturated heterocycles. The van der Waals surface area contributed by atoms with E-state index in [4.69, 9.17) is 14.2 Å². The van der Waals surface area contributed by atoms with Gasteiger partial charge in [0.1, 0.15) is 0 Å². The lowest BCUT2D eigenvalue weighted by molar-refractivity contribution is -0.116. The highest BCUT2D eigenvalue weighted by Gasteiger charge is 2.04. The van der Waals surface area contributed by atoms with Crippen LogP contribution >= 0.6 is 0 Å². The van der Waals surface area contributed by atoms with Crippen LogP contribution in [0.4, 0.5) is 0 Å². The highest BCUT2D eigenvalue weighted by Crippen LogP contribution is 2.28. The smallest absolute Gasteiger partial charge is 0.244 e. The average molecular weight is 342 g/mol. The molecule has 1 aromatic heterocycles.